The maximum absolute atomic E-state index is 12.9. The molecule has 3 aliphatic rings. The predicted molar refractivity (Wildman–Crippen MR) is 165 cm³/mol. The zero-order valence-corrected chi connectivity index (χ0v) is 24.8. The molecule has 5 heterocycles. The Kier molecular flexibility index (Phi) is 5.93. The summed E-state index contributed by atoms with van der Waals surface area (Å²) in [7, 11) is 0. The average molecular weight is 577 g/mol. The summed E-state index contributed by atoms with van der Waals surface area (Å²) in [6.45, 7) is 6.34. The van der Waals surface area contributed by atoms with Gasteiger partial charge in [-0.1, -0.05) is 12.8 Å². The highest BCUT2D eigenvalue weighted by atomic mass is 16.6. The molecule has 5 aromatic rings. The number of amides is 1. The van der Waals surface area contributed by atoms with Gasteiger partial charge in [0.25, 0.3) is 0 Å². The van der Waals surface area contributed by atoms with Crippen LogP contribution in [0.2, 0.25) is 0 Å². The minimum atomic E-state index is -0.539. The zero-order chi connectivity index (χ0) is 29.3. The Bertz CT molecular complexity index is 1850. The van der Waals surface area contributed by atoms with Gasteiger partial charge in [0.1, 0.15) is 17.2 Å². The van der Waals surface area contributed by atoms with Crippen molar-refractivity contribution in [1.82, 2.24) is 29.4 Å². The molecule has 8 rings (SSSR count). The molecule has 43 heavy (non-hydrogen) atoms. The molecule has 220 valence electrons. The number of aromatic amines is 2. The van der Waals surface area contributed by atoms with E-state index in [1.54, 1.807) is 4.90 Å². The van der Waals surface area contributed by atoms with Gasteiger partial charge in [0.2, 0.25) is 0 Å². The van der Waals surface area contributed by atoms with Crippen LogP contribution in [0.15, 0.2) is 55.0 Å². The van der Waals surface area contributed by atoms with Crippen LogP contribution in [0.5, 0.6) is 11.5 Å². The summed E-state index contributed by atoms with van der Waals surface area (Å²) in [5, 5.41) is 1.07. The molecule has 1 atom stereocenters. The van der Waals surface area contributed by atoms with Crippen molar-refractivity contribution in [1.29, 1.82) is 0 Å². The Hall–Kier alpha value is -4.53. The fraction of sp³-hybridized carbons (Fsp3) is 0.382. The molecule has 2 N–H and O–H groups in total. The van der Waals surface area contributed by atoms with E-state index < -0.39 is 5.60 Å². The minimum absolute atomic E-state index is 0.132. The molecular weight excluding hydrogens is 540 g/mol. The summed E-state index contributed by atoms with van der Waals surface area (Å²) >= 11 is 0. The lowest BCUT2D eigenvalue weighted by Gasteiger charge is -2.27. The number of aromatic nitrogens is 5. The van der Waals surface area contributed by atoms with Crippen molar-refractivity contribution >= 4 is 17.0 Å². The Balaban J connectivity index is 1.11. The van der Waals surface area contributed by atoms with E-state index in [1.165, 1.54) is 25.7 Å². The van der Waals surface area contributed by atoms with Crippen molar-refractivity contribution in [2.45, 2.75) is 76.9 Å². The van der Waals surface area contributed by atoms with Crippen LogP contribution in [0.4, 0.5) is 4.79 Å². The SMILES string of the molecule is CC(C)(C)OC(=O)N1CCC[C@H]1c1ncc(-c2ccc3c4c2ccn4-c2cc(-c4cnc(C5CCCC5)[nH]4)ccc2O3)[nH]1. The fourth-order valence-electron chi connectivity index (χ4n) is 6.95. The number of benzene rings is 2. The number of likely N-dealkylation sites (tertiary alicyclic amines) is 1. The number of H-pyrrole nitrogens is 2. The van der Waals surface area contributed by atoms with Crippen LogP contribution in [-0.2, 0) is 4.74 Å². The number of carbonyl (C=O) groups is 1. The van der Waals surface area contributed by atoms with Gasteiger partial charge in [-0.05, 0) is 82.9 Å². The minimum Gasteiger partial charge on any atom is -0.453 e. The smallest absolute Gasteiger partial charge is 0.410 e. The molecule has 0 unspecified atom stereocenters. The first kappa shape index (κ1) is 26.1. The summed E-state index contributed by atoms with van der Waals surface area (Å²) in [6.07, 6.45) is 12.4. The normalized spacial score (nSPS) is 18.3. The van der Waals surface area contributed by atoms with E-state index >= 15 is 0 Å². The lowest BCUT2D eigenvalue weighted by atomic mass is 10.1. The van der Waals surface area contributed by atoms with Crippen LogP contribution in [0.3, 0.4) is 0 Å². The molecule has 1 amide bonds. The van der Waals surface area contributed by atoms with Crippen LogP contribution < -0.4 is 4.74 Å². The van der Waals surface area contributed by atoms with Crippen molar-refractivity contribution < 1.29 is 14.3 Å². The first-order valence-corrected chi connectivity index (χ1v) is 15.4. The maximum Gasteiger partial charge on any atom is 0.410 e. The predicted octanol–water partition coefficient (Wildman–Crippen LogP) is 8.25. The number of fused-ring (bicyclic) bond motifs is 2. The second-order valence-corrected chi connectivity index (χ2v) is 13.0. The molecule has 1 aliphatic carbocycles. The van der Waals surface area contributed by atoms with Crippen LogP contribution in [0.25, 0.3) is 39.1 Å². The maximum atomic E-state index is 12.9. The van der Waals surface area contributed by atoms with Crippen molar-refractivity contribution in [3.63, 3.8) is 0 Å². The van der Waals surface area contributed by atoms with Gasteiger partial charge in [0, 0.05) is 35.2 Å². The van der Waals surface area contributed by atoms with E-state index in [1.807, 2.05) is 45.3 Å². The molecule has 0 spiro atoms. The van der Waals surface area contributed by atoms with Gasteiger partial charge < -0.3 is 24.0 Å². The number of carbonyl (C=O) groups excluding carboxylic acids is 1. The number of hydrogen-bond donors (Lipinski definition) is 2. The molecule has 2 aliphatic heterocycles. The van der Waals surface area contributed by atoms with E-state index in [9.17, 15) is 4.79 Å². The molecule has 0 radical (unpaired) electrons. The largest absolute Gasteiger partial charge is 0.453 e. The van der Waals surface area contributed by atoms with Crippen molar-refractivity contribution in [2.75, 3.05) is 6.54 Å². The van der Waals surface area contributed by atoms with Crippen molar-refractivity contribution in [2.24, 2.45) is 0 Å². The number of imidazole rings is 2. The van der Waals surface area contributed by atoms with Crippen LogP contribution in [0.1, 0.15) is 82.9 Å². The molecule has 1 saturated heterocycles. The third-order valence-corrected chi connectivity index (χ3v) is 8.98. The van der Waals surface area contributed by atoms with E-state index in [-0.39, 0.29) is 12.1 Å². The molecule has 9 nitrogen and oxygen atoms in total. The summed E-state index contributed by atoms with van der Waals surface area (Å²) < 4.78 is 14.3. The van der Waals surface area contributed by atoms with Gasteiger partial charge in [-0.25, -0.2) is 14.8 Å². The van der Waals surface area contributed by atoms with E-state index in [0.717, 1.165) is 75.1 Å². The second kappa shape index (κ2) is 9.76. The summed E-state index contributed by atoms with van der Waals surface area (Å²) in [4.78, 5) is 31.3. The van der Waals surface area contributed by atoms with Crippen LogP contribution >= 0.6 is 0 Å². The van der Waals surface area contributed by atoms with E-state index in [2.05, 4.69) is 45.0 Å². The zero-order valence-electron chi connectivity index (χ0n) is 24.8. The first-order valence-electron chi connectivity index (χ1n) is 15.4. The van der Waals surface area contributed by atoms with Gasteiger partial charge in [0.05, 0.1) is 41.0 Å². The Morgan fingerprint density at radius 2 is 1.70 bits per heavy atom. The number of ether oxygens (including phenoxy) is 2. The summed E-state index contributed by atoms with van der Waals surface area (Å²) in [5.74, 6) is 4.07. The molecule has 0 bridgehead atoms. The van der Waals surface area contributed by atoms with E-state index in [0.29, 0.717) is 12.5 Å². The van der Waals surface area contributed by atoms with Crippen molar-refractivity contribution in [3.05, 3.63) is 66.6 Å². The quantitative estimate of drug-likeness (QED) is 0.220. The van der Waals surface area contributed by atoms with Gasteiger partial charge in [-0.15, -0.1) is 0 Å². The number of hydrogen-bond acceptors (Lipinski definition) is 5. The molecule has 9 heteroatoms. The standard InChI is InChI=1S/C34H36N6O3/c1-34(2,3)43-33(41)40-15-6-9-26(40)32-36-19-25(38-32)22-11-13-29-30-23(22)14-16-39(30)27-17-21(10-12-28(27)42-29)24-18-35-31(37-24)20-7-4-5-8-20/h10-14,16-20,26H,4-9,15H2,1-3H3,(H,35,37)(H,36,38)/t26-/m0/s1. The molecule has 1 saturated carbocycles. The van der Waals surface area contributed by atoms with Gasteiger partial charge in [-0.3, -0.25) is 4.90 Å². The van der Waals surface area contributed by atoms with Crippen molar-refractivity contribution in [3.8, 4) is 39.7 Å². The number of rotatable bonds is 4. The lowest BCUT2D eigenvalue weighted by molar-refractivity contribution is 0.0218. The molecular formula is C34H36N6O3. The summed E-state index contributed by atoms with van der Waals surface area (Å²) in [6, 6.07) is 12.4. The highest BCUT2D eigenvalue weighted by Gasteiger charge is 2.35. The van der Waals surface area contributed by atoms with Gasteiger partial charge >= 0.3 is 6.09 Å². The highest BCUT2D eigenvalue weighted by Crippen LogP contribution is 2.45. The topological polar surface area (TPSA) is 101 Å². The Morgan fingerprint density at radius 1 is 0.930 bits per heavy atom. The third-order valence-electron chi connectivity index (χ3n) is 8.98. The number of nitrogens with zero attached hydrogens (tertiary/aromatic N) is 4. The monoisotopic (exact) mass is 576 g/mol. The fourth-order valence-corrected chi connectivity index (χ4v) is 6.95. The van der Waals surface area contributed by atoms with E-state index in [4.69, 9.17) is 19.4 Å². The lowest BCUT2D eigenvalue weighted by Crippen LogP contribution is -2.36. The highest BCUT2D eigenvalue weighted by molar-refractivity contribution is 6.00. The van der Waals surface area contributed by atoms with Gasteiger partial charge in [0.15, 0.2) is 11.5 Å². The first-order chi connectivity index (χ1) is 20.8. The summed E-state index contributed by atoms with van der Waals surface area (Å²) in [5.41, 5.74) is 5.55. The third kappa shape index (κ3) is 4.49. The molecule has 3 aromatic heterocycles. The Morgan fingerprint density at radius 3 is 2.53 bits per heavy atom. The second-order valence-electron chi connectivity index (χ2n) is 13.0. The van der Waals surface area contributed by atoms with Crippen LogP contribution in [-0.4, -0.2) is 47.6 Å². The average Bonchev–Trinajstić information content (AvgIpc) is 3.82. The van der Waals surface area contributed by atoms with Gasteiger partial charge in [-0.2, -0.15) is 0 Å². The molecule has 2 aromatic carbocycles. The number of nitrogens with one attached hydrogen (secondary N) is 2. The Labute approximate surface area is 250 Å². The van der Waals surface area contributed by atoms with Crippen LogP contribution in [0, 0.1) is 0 Å². The molecule has 2 fully saturated rings.